The van der Waals surface area contributed by atoms with Crippen molar-refractivity contribution in [2.24, 2.45) is 4.99 Å². The van der Waals surface area contributed by atoms with Gasteiger partial charge in [0.1, 0.15) is 12.4 Å². The van der Waals surface area contributed by atoms with Gasteiger partial charge in [-0.3, -0.25) is 4.99 Å². The molecule has 2 heterocycles. The molecule has 1 atom stereocenters. The molecule has 0 saturated carbocycles. The summed E-state index contributed by atoms with van der Waals surface area (Å²) in [6.45, 7) is 1.95. The highest BCUT2D eigenvalue weighted by Gasteiger charge is 2.22. The standard InChI is InChI=1S/C21H26N6O/c1-22-21(23-12-16-8-5-7-15-6-3-4-9-18(15)16)24-17-10-11-20-25-19(14-28-2)26-27(20)13-17/h3-9,17H,10-14H2,1-2H3,(H2,22,23,24). The average Bonchev–Trinajstić information content (AvgIpc) is 3.13. The minimum absolute atomic E-state index is 0.267. The average molecular weight is 378 g/mol. The molecule has 1 aromatic heterocycles. The maximum atomic E-state index is 5.14. The van der Waals surface area contributed by atoms with Gasteiger partial charge in [-0.25, -0.2) is 9.67 Å². The van der Waals surface area contributed by atoms with E-state index in [1.807, 2.05) is 4.68 Å². The lowest BCUT2D eigenvalue weighted by Gasteiger charge is -2.25. The maximum Gasteiger partial charge on any atom is 0.191 e. The van der Waals surface area contributed by atoms with E-state index in [1.165, 1.54) is 16.3 Å². The molecule has 0 amide bonds. The van der Waals surface area contributed by atoms with Crippen LogP contribution < -0.4 is 10.6 Å². The second-order valence-electron chi connectivity index (χ2n) is 7.00. The number of rotatable bonds is 5. The summed E-state index contributed by atoms with van der Waals surface area (Å²) in [6.07, 6.45) is 1.90. The van der Waals surface area contributed by atoms with Gasteiger partial charge in [-0.1, -0.05) is 42.5 Å². The third-order valence-corrected chi connectivity index (χ3v) is 5.07. The van der Waals surface area contributed by atoms with Crippen LogP contribution in [-0.2, 0) is 30.9 Å². The molecule has 146 valence electrons. The second kappa shape index (κ2) is 8.39. The minimum Gasteiger partial charge on any atom is -0.377 e. The molecule has 2 aromatic carbocycles. The third-order valence-electron chi connectivity index (χ3n) is 5.07. The first-order valence-corrected chi connectivity index (χ1v) is 9.62. The van der Waals surface area contributed by atoms with Crippen molar-refractivity contribution in [3.63, 3.8) is 0 Å². The molecular weight excluding hydrogens is 352 g/mol. The van der Waals surface area contributed by atoms with Crippen LogP contribution in [0.15, 0.2) is 47.5 Å². The van der Waals surface area contributed by atoms with Crippen LogP contribution >= 0.6 is 0 Å². The Hall–Kier alpha value is -2.93. The van der Waals surface area contributed by atoms with Gasteiger partial charge in [0.05, 0.1) is 6.54 Å². The van der Waals surface area contributed by atoms with Gasteiger partial charge in [-0.15, -0.1) is 0 Å². The van der Waals surface area contributed by atoms with E-state index >= 15 is 0 Å². The van der Waals surface area contributed by atoms with Gasteiger partial charge in [-0.2, -0.15) is 5.10 Å². The van der Waals surface area contributed by atoms with Crippen molar-refractivity contribution < 1.29 is 4.74 Å². The lowest BCUT2D eigenvalue weighted by atomic mass is 10.0. The van der Waals surface area contributed by atoms with Crippen LogP contribution in [0.5, 0.6) is 0 Å². The normalized spacial score (nSPS) is 16.8. The van der Waals surface area contributed by atoms with E-state index in [2.05, 4.69) is 68.2 Å². The Kier molecular flexibility index (Phi) is 5.53. The molecular formula is C21H26N6O. The van der Waals surface area contributed by atoms with Crippen molar-refractivity contribution in [3.8, 4) is 0 Å². The second-order valence-corrected chi connectivity index (χ2v) is 7.00. The highest BCUT2D eigenvalue weighted by Crippen LogP contribution is 2.18. The van der Waals surface area contributed by atoms with Crippen LogP contribution in [0.3, 0.4) is 0 Å². The van der Waals surface area contributed by atoms with E-state index in [-0.39, 0.29) is 6.04 Å². The number of ether oxygens (including phenoxy) is 1. The Balaban J connectivity index is 1.38. The summed E-state index contributed by atoms with van der Waals surface area (Å²) in [4.78, 5) is 8.93. The number of fused-ring (bicyclic) bond motifs is 2. The van der Waals surface area contributed by atoms with Crippen molar-refractivity contribution in [2.75, 3.05) is 14.2 Å². The van der Waals surface area contributed by atoms with E-state index in [4.69, 9.17) is 4.74 Å². The number of nitrogens with one attached hydrogen (secondary N) is 2. The number of hydrogen-bond donors (Lipinski definition) is 2. The minimum atomic E-state index is 0.267. The molecule has 0 aliphatic carbocycles. The Morgan fingerprint density at radius 1 is 1.25 bits per heavy atom. The third kappa shape index (κ3) is 3.99. The highest BCUT2D eigenvalue weighted by molar-refractivity contribution is 5.86. The largest absolute Gasteiger partial charge is 0.377 e. The maximum absolute atomic E-state index is 5.14. The lowest BCUT2D eigenvalue weighted by Crippen LogP contribution is -2.46. The zero-order chi connectivity index (χ0) is 19.3. The molecule has 7 heteroatoms. The van der Waals surface area contributed by atoms with Crippen LogP contribution in [0.4, 0.5) is 0 Å². The number of aromatic nitrogens is 3. The van der Waals surface area contributed by atoms with Gasteiger partial charge in [-0.05, 0) is 22.8 Å². The number of methoxy groups -OCH3 is 1. The Morgan fingerprint density at radius 2 is 2.11 bits per heavy atom. The number of hydrogen-bond acceptors (Lipinski definition) is 4. The summed E-state index contributed by atoms with van der Waals surface area (Å²) in [5.41, 5.74) is 1.26. The van der Waals surface area contributed by atoms with Crippen molar-refractivity contribution in [2.45, 2.75) is 38.6 Å². The monoisotopic (exact) mass is 378 g/mol. The zero-order valence-electron chi connectivity index (χ0n) is 16.4. The first-order valence-electron chi connectivity index (χ1n) is 9.62. The molecule has 0 spiro atoms. The van der Waals surface area contributed by atoms with Gasteiger partial charge in [0.15, 0.2) is 11.8 Å². The molecule has 0 saturated heterocycles. The Morgan fingerprint density at radius 3 is 2.96 bits per heavy atom. The number of benzene rings is 2. The van der Waals surface area contributed by atoms with Crippen LogP contribution in [0.25, 0.3) is 10.8 Å². The van der Waals surface area contributed by atoms with E-state index in [0.29, 0.717) is 6.61 Å². The van der Waals surface area contributed by atoms with Gasteiger partial charge < -0.3 is 15.4 Å². The van der Waals surface area contributed by atoms with Crippen molar-refractivity contribution in [1.82, 2.24) is 25.4 Å². The lowest BCUT2D eigenvalue weighted by molar-refractivity contribution is 0.177. The van der Waals surface area contributed by atoms with Gasteiger partial charge in [0, 0.05) is 33.2 Å². The fourth-order valence-electron chi connectivity index (χ4n) is 3.68. The Labute approximate surface area is 164 Å². The number of guanidine groups is 1. The summed E-state index contributed by atoms with van der Waals surface area (Å²) in [7, 11) is 3.47. The van der Waals surface area contributed by atoms with Crippen LogP contribution in [0.2, 0.25) is 0 Å². The SMILES string of the molecule is CN=C(NCc1cccc2ccccc12)NC1CCc2nc(COC)nn2C1. The summed E-state index contributed by atoms with van der Waals surface area (Å²) in [5.74, 6) is 2.58. The summed E-state index contributed by atoms with van der Waals surface area (Å²) >= 11 is 0. The zero-order valence-corrected chi connectivity index (χ0v) is 16.4. The summed E-state index contributed by atoms with van der Waals surface area (Å²) in [6, 6.07) is 15.1. The van der Waals surface area contributed by atoms with E-state index in [1.54, 1.807) is 14.2 Å². The molecule has 3 aromatic rings. The summed E-state index contributed by atoms with van der Waals surface area (Å²) < 4.78 is 7.12. The molecule has 1 aliphatic rings. The Bertz CT molecular complexity index is 975. The predicted octanol–water partition coefficient (Wildman–Crippen LogP) is 2.26. The first-order chi connectivity index (χ1) is 13.8. The first kappa shape index (κ1) is 18.4. The molecule has 1 unspecified atom stereocenters. The number of nitrogens with zero attached hydrogens (tertiary/aromatic N) is 4. The molecule has 1 aliphatic heterocycles. The molecule has 7 nitrogen and oxygen atoms in total. The smallest absolute Gasteiger partial charge is 0.191 e. The van der Waals surface area contributed by atoms with Crippen molar-refractivity contribution >= 4 is 16.7 Å². The number of aryl methyl sites for hydroxylation is 1. The molecule has 4 rings (SSSR count). The van der Waals surface area contributed by atoms with Crippen LogP contribution in [0.1, 0.15) is 23.6 Å². The molecule has 0 radical (unpaired) electrons. The van der Waals surface area contributed by atoms with E-state index in [0.717, 1.165) is 43.5 Å². The summed E-state index contributed by atoms with van der Waals surface area (Å²) in [5, 5.41) is 14.0. The van der Waals surface area contributed by atoms with Crippen LogP contribution in [0, 0.1) is 0 Å². The molecule has 28 heavy (non-hydrogen) atoms. The van der Waals surface area contributed by atoms with Crippen molar-refractivity contribution in [1.29, 1.82) is 0 Å². The number of aliphatic imine (C=N–C) groups is 1. The molecule has 0 fully saturated rings. The van der Waals surface area contributed by atoms with Gasteiger partial charge in [0.2, 0.25) is 0 Å². The highest BCUT2D eigenvalue weighted by atomic mass is 16.5. The predicted molar refractivity (Wildman–Crippen MR) is 110 cm³/mol. The fraction of sp³-hybridized carbons (Fsp3) is 0.381. The van der Waals surface area contributed by atoms with Crippen molar-refractivity contribution in [3.05, 3.63) is 59.7 Å². The fourth-order valence-corrected chi connectivity index (χ4v) is 3.68. The van der Waals surface area contributed by atoms with E-state index in [9.17, 15) is 0 Å². The topological polar surface area (TPSA) is 76.4 Å². The van der Waals surface area contributed by atoms with Gasteiger partial charge in [0.25, 0.3) is 0 Å². The molecule has 2 N–H and O–H groups in total. The van der Waals surface area contributed by atoms with E-state index < -0.39 is 0 Å². The van der Waals surface area contributed by atoms with Gasteiger partial charge >= 0.3 is 0 Å². The quantitative estimate of drug-likeness (QED) is 0.526. The molecule has 0 bridgehead atoms. The van der Waals surface area contributed by atoms with Crippen LogP contribution in [-0.4, -0.2) is 40.9 Å².